The second-order valence-corrected chi connectivity index (χ2v) is 5.13. The van der Waals surface area contributed by atoms with Crippen molar-refractivity contribution in [3.63, 3.8) is 0 Å². The van der Waals surface area contributed by atoms with E-state index in [1.807, 2.05) is 0 Å². The number of aryl methyl sites for hydroxylation is 2. The van der Waals surface area contributed by atoms with Crippen LogP contribution in [0.25, 0.3) is 0 Å². The summed E-state index contributed by atoms with van der Waals surface area (Å²) < 4.78 is 1.53. The molecule has 1 aromatic rings. The van der Waals surface area contributed by atoms with Gasteiger partial charge in [-0.2, -0.15) is 5.10 Å². The summed E-state index contributed by atoms with van der Waals surface area (Å²) in [6, 6.07) is 0.217. The van der Waals surface area contributed by atoms with E-state index in [-0.39, 0.29) is 18.6 Å². The minimum absolute atomic E-state index is 0.0288. The van der Waals surface area contributed by atoms with Gasteiger partial charge in [-0.15, -0.1) is 0 Å². The van der Waals surface area contributed by atoms with Crippen molar-refractivity contribution in [3.05, 3.63) is 11.4 Å². The van der Waals surface area contributed by atoms with Crippen LogP contribution in [0.15, 0.2) is 0 Å². The van der Waals surface area contributed by atoms with Crippen molar-refractivity contribution >= 4 is 11.6 Å². The molecule has 0 aromatic carbocycles. The van der Waals surface area contributed by atoms with Crippen molar-refractivity contribution in [2.24, 2.45) is 7.05 Å². The number of nitrogens with two attached hydrogens (primary N) is 1. The fourth-order valence-electron chi connectivity index (χ4n) is 2.84. The summed E-state index contributed by atoms with van der Waals surface area (Å²) in [5.41, 5.74) is 7.48. The van der Waals surface area contributed by atoms with Crippen LogP contribution in [0.3, 0.4) is 0 Å². The third-order valence-electron chi connectivity index (χ3n) is 3.84. The van der Waals surface area contributed by atoms with Crippen molar-refractivity contribution in [1.82, 2.24) is 14.7 Å². The molecule has 1 amide bonds. The summed E-state index contributed by atoms with van der Waals surface area (Å²) in [7, 11) is 1.72. The van der Waals surface area contributed by atoms with Gasteiger partial charge in [0, 0.05) is 19.6 Å². The van der Waals surface area contributed by atoms with Crippen LogP contribution in [0.1, 0.15) is 41.9 Å². The average Bonchev–Trinajstić information content (AvgIpc) is 2.96. The predicted octanol–water partition coefficient (Wildman–Crippen LogP) is 0.688. The van der Waals surface area contributed by atoms with Gasteiger partial charge in [-0.25, -0.2) is 0 Å². The number of nitrogens with zero attached hydrogens (tertiary/aromatic N) is 3. The molecule has 6 nitrogen and oxygen atoms in total. The Bertz CT molecular complexity index is 463. The summed E-state index contributed by atoms with van der Waals surface area (Å²) in [5, 5.41) is 13.4. The molecule has 0 spiro atoms. The van der Waals surface area contributed by atoms with Crippen LogP contribution >= 0.6 is 0 Å². The lowest BCUT2D eigenvalue weighted by atomic mass is 10.1. The fraction of sp³-hybridized carbons (Fsp3) is 0.692. The molecule has 2 rings (SSSR count). The minimum Gasteiger partial charge on any atom is -0.395 e. The Morgan fingerprint density at radius 2 is 2.16 bits per heavy atom. The number of nitrogen functional groups attached to an aromatic ring is 1. The van der Waals surface area contributed by atoms with Crippen molar-refractivity contribution < 1.29 is 9.90 Å². The van der Waals surface area contributed by atoms with Gasteiger partial charge in [-0.3, -0.25) is 9.48 Å². The normalized spacial score (nSPS) is 15.9. The topological polar surface area (TPSA) is 84.4 Å². The first-order chi connectivity index (χ1) is 9.06. The van der Waals surface area contributed by atoms with E-state index in [4.69, 9.17) is 5.73 Å². The second-order valence-electron chi connectivity index (χ2n) is 5.13. The number of amides is 1. The molecule has 106 valence electrons. The number of rotatable bonds is 4. The van der Waals surface area contributed by atoms with Gasteiger partial charge in [0.15, 0.2) is 0 Å². The molecule has 0 aliphatic heterocycles. The van der Waals surface area contributed by atoms with Gasteiger partial charge in [0.2, 0.25) is 0 Å². The third kappa shape index (κ3) is 2.58. The molecule has 1 aromatic heterocycles. The monoisotopic (exact) mass is 266 g/mol. The zero-order valence-corrected chi connectivity index (χ0v) is 11.6. The van der Waals surface area contributed by atoms with Crippen molar-refractivity contribution in [1.29, 1.82) is 0 Å². The number of hydrogen-bond acceptors (Lipinski definition) is 4. The zero-order valence-electron chi connectivity index (χ0n) is 11.6. The van der Waals surface area contributed by atoms with Crippen molar-refractivity contribution in [2.75, 3.05) is 18.9 Å². The van der Waals surface area contributed by atoms with Crippen LogP contribution in [-0.4, -0.2) is 44.9 Å². The molecule has 1 fully saturated rings. The molecule has 0 saturated heterocycles. The van der Waals surface area contributed by atoms with Crippen LogP contribution in [0.5, 0.6) is 0 Å². The predicted molar refractivity (Wildman–Crippen MR) is 72.7 cm³/mol. The first-order valence-electron chi connectivity index (χ1n) is 6.77. The van der Waals surface area contributed by atoms with Crippen LogP contribution in [0.2, 0.25) is 0 Å². The highest BCUT2D eigenvalue weighted by molar-refractivity contribution is 5.98. The van der Waals surface area contributed by atoms with E-state index in [0.29, 0.717) is 23.6 Å². The van der Waals surface area contributed by atoms with E-state index in [1.165, 1.54) is 4.68 Å². The quantitative estimate of drug-likeness (QED) is 0.839. The molecule has 19 heavy (non-hydrogen) atoms. The average molecular weight is 266 g/mol. The first-order valence-corrected chi connectivity index (χ1v) is 6.77. The highest BCUT2D eigenvalue weighted by Gasteiger charge is 2.30. The summed E-state index contributed by atoms with van der Waals surface area (Å²) >= 11 is 0. The Labute approximate surface area is 113 Å². The van der Waals surface area contributed by atoms with E-state index in [0.717, 1.165) is 25.7 Å². The largest absolute Gasteiger partial charge is 0.395 e. The number of carbonyl (C=O) groups excluding carboxylic acids is 1. The molecule has 3 N–H and O–H groups in total. The van der Waals surface area contributed by atoms with E-state index in [1.54, 1.807) is 18.9 Å². The lowest BCUT2D eigenvalue weighted by Crippen LogP contribution is -2.41. The standard InChI is InChI=1S/C13H22N4O2/c1-9-11(14)12(16(2)15-9)13(19)17(7-8-18)10-5-3-4-6-10/h10,18H,3-8,14H2,1-2H3. The van der Waals surface area contributed by atoms with Gasteiger partial charge in [-0.05, 0) is 19.8 Å². The summed E-state index contributed by atoms with van der Waals surface area (Å²) in [4.78, 5) is 14.4. The molecule has 1 aliphatic rings. The lowest BCUT2D eigenvalue weighted by molar-refractivity contribution is 0.0628. The first kappa shape index (κ1) is 13.9. The molecule has 1 aliphatic carbocycles. The SMILES string of the molecule is Cc1nn(C)c(C(=O)N(CCO)C2CCCC2)c1N. The van der Waals surface area contributed by atoms with E-state index in [2.05, 4.69) is 5.10 Å². The Morgan fingerprint density at radius 1 is 1.53 bits per heavy atom. The fourth-order valence-corrected chi connectivity index (χ4v) is 2.84. The molecule has 0 bridgehead atoms. The van der Waals surface area contributed by atoms with Gasteiger partial charge < -0.3 is 15.7 Å². The van der Waals surface area contributed by atoms with Crippen molar-refractivity contribution in [3.8, 4) is 0 Å². The highest BCUT2D eigenvalue weighted by atomic mass is 16.3. The zero-order chi connectivity index (χ0) is 14.0. The Balaban J connectivity index is 2.28. The van der Waals surface area contributed by atoms with Crippen LogP contribution < -0.4 is 5.73 Å². The van der Waals surface area contributed by atoms with Crippen LogP contribution in [-0.2, 0) is 7.05 Å². The van der Waals surface area contributed by atoms with E-state index < -0.39 is 0 Å². The molecular formula is C13H22N4O2. The molecule has 0 unspecified atom stereocenters. The number of anilines is 1. The summed E-state index contributed by atoms with van der Waals surface area (Å²) in [5.74, 6) is -0.124. The maximum absolute atomic E-state index is 12.7. The van der Waals surface area contributed by atoms with Gasteiger partial charge in [-0.1, -0.05) is 12.8 Å². The van der Waals surface area contributed by atoms with Crippen LogP contribution in [0, 0.1) is 6.92 Å². The summed E-state index contributed by atoms with van der Waals surface area (Å²) in [6.45, 7) is 2.12. The van der Waals surface area contributed by atoms with Gasteiger partial charge in [0.1, 0.15) is 5.69 Å². The highest BCUT2D eigenvalue weighted by Crippen LogP contribution is 2.26. The Kier molecular flexibility index (Phi) is 4.09. The number of hydrogen-bond donors (Lipinski definition) is 2. The van der Waals surface area contributed by atoms with Gasteiger partial charge in [0.05, 0.1) is 18.0 Å². The number of aromatic nitrogens is 2. The Morgan fingerprint density at radius 3 is 2.63 bits per heavy atom. The number of carbonyl (C=O) groups is 1. The third-order valence-corrected chi connectivity index (χ3v) is 3.84. The van der Waals surface area contributed by atoms with Gasteiger partial charge >= 0.3 is 0 Å². The number of aliphatic hydroxyl groups is 1. The van der Waals surface area contributed by atoms with Gasteiger partial charge in [0.25, 0.3) is 5.91 Å². The molecule has 0 radical (unpaired) electrons. The smallest absolute Gasteiger partial charge is 0.274 e. The van der Waals surface area contributed by atoms with Crippen molar-refractivity contribution in [2.45, 2.75) is 38.6 Å². The molecule has 6 heteroatoms. The van der Waals surface area contributed by atoms with E-state index >= 15 is 0 Å². The maximum atomic E-state index is 12.7. The molecule has 1 heterocycles. The molecule has 1 saturated carbocycles. The minimum atomic E-state index is -0.124. The Hall–Kier alpha value is -1.56. The molecular weight excluding hydrogens is 244 g/mol. The number of aliphatic hydroxyl groups excluding tert-OH is 1. The lowest BCUT2D eigenvalue weighted by Gasteiger charge is -2.28. The van der Waals surface area contributed by atoms with E-state index in [9.17, 15) is 9.90 Å². The summed E-state index contributed by atoms with van der Waals surface area (Å²) in [6.07, 6.45) is 4.28. The molecule has 0 atom stereocenters. The maximum Gasteiger partial charge on any atom is 0.274 e. The second kappa shape index (κ2) is 5.61. The van der Waals surface area contributed by atoms with Crippen LogP contribution in [0.4, 0.5) is 5.69 Å².